The molecule has 0 rings (SSSR count). The van der Waals surface area contributed by atoms with Gasteiger partial charge in [0.1, 0.15) is 0 Å². The van der Waals surface area contributed by atoms with Crippen molar-refractivity contribution in [3.63, 3.8) is 0 Å². The number of primary amides is 1. The summed E-state index contributed by atoms with van der Waals surface area (Å²) in [5.74, 6) is -0.0880. The molecule has 0 aliphatic carbocycles. The number of rotatable bonds is 0. The van der Waals surface area contributed by atoms with Crippen molar-refractivity contribution >= 4 is 11.8 Å². The van der Waals surface area contributed by atoms with Crippen molar-refractivity contribution < 1.29 is 9.59 Å². The second kappa shape index (κ2) is 5.87. The van der Waals surface area contributed by atoms with Crippen LogP contribution in [0.3, 0.4) is 0 Å². The average molecular weight is 230 g/mol. The zero-order chi connectivity index (χ0) is 13.7. The smallest absolute Gasteiger partial charge is 0.227 e. The van der Waals surface area contributed by atoms with E-state index in [-0.39, 0.29) is 22.6 Å². The van der Waals surface area contributed by atoms with Crippen LogP contribution in [0.1, 0.15) is 41.5 Å². The third-order valence-corrected chi connectivity index (χ3v) is 1.79. The van der Waals surface area contributed by atoms with Crippen molar-refractivity contribution in [3.8, 4) is 0 Å². The van der Waals surface area contributed by atoms with E-state index in [4.69, 9.17) is 5.73 Å². The highest BCUT2D eigenvalue weighted by atomic mass is 16.2. The molecule has 0 heterocycles. The van der Waals surface area contributed by atoms with Crippen molar-refractivity contribution in [1.82, 2.24) is 4.90 Å². The quantitative estimate of drug-likeness (QED) is 0.687. The molecule has 4 heteroatoms. The van der Waals surface area contributed by atoms with E-state index in [1.54, 1.807) is 39.8 Å². The van der Waals surface area contributed by atoms with Crippen LogP contribution in [0.25, 0.3) is 0 Å². The number of carbonyl (C=O) groups is 2. The molecule has 0 aliphatic heterocycles. The van der Waals surface area contributed by atoms with Crippen LogP contribution >= 0.6 is 0 Å². The summed E-state index contributed by atoms with van der Waals surface area (Å²) in [4.78, 5) is 22.9. The van der Waals surface area contributed by atoms with Crippen LogP contribution in [0.2, 0.25) is 0 Å². The summed E-state index contributed by atoms with van der Waals surface area (Å²) in [5.41, 5.74) is 4.34. The van der Waals surface area contributed by atoms with E-state index in [9.17, 15) is 9.59 Å². The van der Waals surface area contributed by atoms with E-state index in [0.29, 0.717) is 0 Å². The highest BCUT2D eigenvalue weighted by molar-refractivity contribution is 5.80. The van der Waals surface area contributed by atoms with Gasteiger partial charge in [-0.2, -0.15) is 0 Å². The summed E-state index contributed by atoms with van der Waals surface area (Å²) in [6, 6.07) is 0. The van der Waals surface area contributed by atoms with Crippen molar-refractivity contribution in [2.24, 2.45) is 16.6 Å². The van der Waals surface area contributed by atoms with E-state index in [1.807, 2.05) is 20.8 Å². The average Bonchev–Trinajstić information content (AvgIpc) is 2.00. The molecule has 0 aromatic carbocycles. The largest absolute Gasteiger partial charge is 0.369 e. The molecule has 0 aromatic heterocycles. The molecule has 0 atom stereocenters. The van der Waals surface area contributed by atoms with Gasteiger partial charge in [-0.1, -0.05) is 41.5 Å². The van der Waals surface area contributed by atoms with Gasteiger partial charge in [-0.05, 0) is 0 Å². The first-order valence-corrected chi connectivity index (χ1v) is 5.31. The molecule has 0 fully saturated rings. The summed E-state index contributed by atoms with van der Waals surface area (Å²) < 4.78 is 0. The van der Waals surface area contributed by atoms with Crippen LogP contribution in [-0.4, -0.2) is 30.8 Å². The lowest BCUT2D eigenvalue weighted by atomic mass is 9.95. The lowest BCUT2D eigenvalue weighted by Crippen LogP contribution is -2.33. The first-order chi connectivity index (χ1) is 6.80. The van der Waals surface area contributed by atoms with Gasteiger partial charge in [-0.15, -0.1) is 0 Å². The second-order valence-corrected chi connectivity index (χ2v) is 6.06. The van der Waals surface area contributed by atoms with E-state index in [1.165, 1.54) is 0 Å². The van der Waals surface area contributed by atoms with Gasteiger partial charge in [0.05, 0.1) is 0 Å². The highest BCUT2D eigenvalue weighted by Gasteiger charge is 2.22. The molecule has 0 aromatic rings. The maximum Gasteiger partial charge on any atom is 0.227 e. The van der Waals surface area contributed by atoms with Crippen molar-refractivity contribution in [2.45, 2.75) is 41.5 Å². The third kappa shape index (κ3) is 8.26. The molecule has 0 radical (unpaired) electrons. The van der Waals surface area contributed by atoms with E-state index in [0.717, 1.165) is 0 Å². The van der Waals surface area contributed by atoms with Gasteiger partial charge >= 0.3 is 0 Å². The minimum atomic E-state index is -0.361. The highest BCUT2D eigenvalue weighted by Crippen LogP contribution is 2.14. The van der Waals surface area contributed by atoms with E-state index >= 15 is 0 Å². The first-order valence-electron chi connectivity index (χ1n) is 5.31. The zero-order valence-corrected chi connectivity index (χ0v) is 11.8. The zero-order valence-electron chi connectivity index (χ0n) is 11.8. The van der Waals surface area contributed by atoms with Crippen LogP contribution in [0.5, 0.6) is 0 Å². The molecule has 0 aliphatic rings. The van der Waals surface area contributed by atoms with Crippen LogP contribution in [0.15, 0.2) is 0 Å². The summed E-state index contributed by atoms with van der Waals surface area (Å²) in [5, 5.41) is 0. The molecule has 2 N–H and O–H groups in total. The van der Waals surface area contributed by atoms with E-state index in [2.05, 4.69) is 0 Å². The molecule has 0 saturated carbocycles. The molecule has 4 nitrogen and oxygen atoms in total. The Morgan fingerprint density at radius 2 is 1.12 bits per heavy atom. The maximum atomic E-state index is 11.1. The van der Waals surface area contributed by atoms with Crippen LogP contribution < -0.4 is 5.73 Å². The van der Waals surface area contributed by atoms with Gasteiger partial charge in [0.15, 0.2) is 0 Å². The molecule has 0 bridgehead atoms. The first kappa shape index (κ1) is 17.3. The van der Waals surface area contributed by atoms with Crippen LogP contribution in [0, 0.1) is 10.8 Å². The monoisotopic (exact) mass is 230 g/mol. The molecule has 16 heavy (non-hydrogen) atoms. The van der Waals surface area contributed by atoms with Gasteiger partial charge in [-0.3, -0.25) is 9.59 Å². The SMILES string of the molecule is CC(C)(C)C(N)=O.CN(C)C(=O)C(C)(C)C. The van der Waals surface area contributed by atoms with E-state index < -0.39 is 0 Å². The Hall–Kier alpha value is -1.06. The lowest BCUT2D eigenvalue weighted by molar-refractivity contribution is -0.136. The van der Waals surface area contributed by atoms with Crippen LogP contribution in [-0.2, 0) is 9.59 Å². The summed E-state index contributed by atoms with van der Waals surface area (Å²) in [7, 11) is 3.54. The summed E-state index contributed by atoms with van der Waals surface area (Å²) >= 11 is 0. The molecule has 0 saturated heterocycles. The Labute approximate surface area is 99.2 Å². The normalized spacial score (nSPS) is 11.2. The fourth-order valence-electron chi connectivity index (χ4n) is 0.671. The number of hydrogen-bond acceptors (Lipinski definition) is 2. The Bertz CT molecular complexity index is 245. The fraction of sp³-hybridized carbons (Fsp3) is 0.833. The number of carbonyl (C=O) groups excluding carboxylic acids is 2. The maximum absolute atomic E-state index is 11.1. The number of nitrogens with two attached hydrogens (primary N) is 1. The van der Waals surface area contributed by atoms with Crippen molar-refractivity contribution in [3.05, 3.63) is 0 Å². The van der Waals surface area contributed by atoms with Crippen molar-refractivity contribution in [2.75, 3.05) is 14.1 Å². The van der Waals surface area contributed by atoms with Gasteiger partial charge in [0.25, 0.3) is 0 Å². The van der Waals surface area contributed by atoms with Gasteiger partial charge < -0.3 is 10.6 Å². The predicted molar refractivity (Wildman–Crippen MR) is 66.8 cm³/mol. The van der Waals surface area contributed by atoms with Crippen molar-refractivity contribution in [1.29, 1.82) is 0 Å². The molecule has 0 unspecified atom stereocenters. The van der Waals surface area contributed by atoms with Gasteiger partial charge in [-0.25, -0.2) is 0 Å². The Balaban J connectivity index is 0. The van der Waals surface area contributed by atoms with Crippen LogP contribution in [0.4, 0.5) is 0 Å². The lowest BCUT2D eigenvalue weighted by Gasteiger charge is -2.21. The second-order valence-electron chi connectivity index (χ2n) is 6.06. The standard InChI is InChI=1S/C7H15NO.C5H11NO/c1-7(2,3)6(9)8(4)5;1-5(2,3)4(6)7/h1-5H3;1-3H3,(H2,6,7). The topological polar surface area (TPSA) is 63.4 Å². The number of amides is 2. The minimum absolute atomic E-state index is 0.169. The fourth-order valence-corrected chi connectivity index (χ4v) is 0.671. The summed E-state index contributed by atoms with van der Waals surface area (Å²) in [6.45, 7) is 11.1. The Morgan fingerprint density at radius 3 is 1.12 bits per heavy atom. The minimum Gasteiger partial charge on any atom is -0.369 e. The molecular weight excluding hydrogens is 204 g/mol. The molecular formula is C12H26N2O2. The summed E-state index contributed by atoms with van der Waals surface area (Å²) in [6.07, 6.45) is 0. The predicted octanol–water partition coefficient (Wildman–Crippen LogP) is 1.64. The van der Waals surface area contributed by atoms with Gasteiger partial charge in [0.2, 0.25) is 11.8 Å². The molecule has 96 valence electrons. The third-order valence-electron chi connectivity index (χ3n) is 1.79. The number of nitrogens with zero attached hydrogens (tertiary/aromatic N) is 1. The van der Waals surface area contributed by atoms with Gasteiger partial charge in [0, 0.05) is 24.9 Å². The Morgan fingerprint density at radius 1 is 0.875 bits per heavy atom. The molecule has 0 spiro atoms. The number of hydrogen-bond donors (Lipinski definition) is 1. The Kier molecular flexibility index (Phi) is 6.36. The molecule has 2 amide bonds.